The van der Waals surface area contributed by atoms with Crippen LogP contribution < -0.4 is 14.8 Å². The Morgan fingerprint density at radius 3 is 2.42 bits per heavy atom. The topological polar surface area (TPSA) is 47.6 Å². The van der Waals surface area contributed by atoms with Crippen molar-refractivity contribution in [1.82, 2.24) is 5.32 Å². The van der Waals surface area contributed by atoms with Gasteiger partial charge in [-0.3, -0.25) is 4.79 Å². The van der Waals surface area contributed by atoms with E-state index in [2.05, 4.69) is 38.7 Å². The minimum absolute atomic E-state index is 0.00918. The Hall–Kier alpha value is -2.75. The molecule has 0 bridgehead atoms. The molecule has 0 aromatic heterocycles. The van der Waals surface area contributed by atoms with E-state index in [-0.39, 0.29) is 11.3 Å². The van der Waals surface area contributed by atoms with Crippen molar-refractivity contribution >= 4 is 5.91 Å². The number of para-hydroxylation sites is 1. The molecule has 0 fully saturated rings. The summed E-state index contributed by atoms with van der Waals surface area (Å²) in [6.45, 7) is 11.4. The van der Waals surface area contributed by atoms with Crippen LogP contribution in [0.1, 0.15) is 36.7 Å². The Morgan fingerprint density at radius 2 is 1.77 bits per heavy atom. The number of hydrogen-bond acceptors (Lipinski definition) is 3. The van der Waals surface area contributed by atoms with E-state index in [1.165, 1.54) is 0 Å². The second kappa shape index (κ2) is 9.09. The van der Waals surface area contributed by atoms with Gasteiger partial charge in [0.2, 0.25) is 0 Å². The normalized spacial score (nSPS) is 10.9. The summed E-state index contributed by atoms with van der Waals surface area (Å²) in [5.74, 6) is 1.44. The lowest BCUT2D eigenvalue weighted by Crippen LogP contribution is -2.28. The monoisotopic (exact) mass is 353 g/mol. The van der Waals surface area contributed by atoms with Gasteiger partial charge in [-0.2, -0.15) is 0 Å². The van der Waals surface area contributed by atoms with Gasteiger partial charge in [-0.15, -0.1) is 0 Å². The fourth-order valence-corrected chi connectivity index (χ4v) is 2.50. The minimum atomic E-state index is -0.132. The molecule has 0 aliphatic carbocycles. The molecule has 2 aromatic carbocycles. The van der Waals surface area contributed by atoms with E-state index in [0.717, 1.165) is 11.3 Å². The number of hydrogen-bond donors (Lipinski definition) is 1. The standard InChI is InChI=1S/C22H27NO3/c1-5-15-25-18-12-10-17(11-13-18)21(24)23-14-16-26-20-9-7-6-8-19(20)22(2,3)4/h5-13H,1,14-16H2,2-4H3,(H,23,24). The van der Waals surface area contributed by atoms with Gasteiger partial charge in [-0.05, 0) is 41.3 Å². The van der Waals surface area contributed by atoms with Gasteiger partial charge in [-0.1, -0.05) is 51.6 Å². The first kappa shape index (κ1) is 19.6. The van der Waals surface area contributed by atoms with Crippen molar-refractivity contribution in [3.05, 3.63) is 72.3 Å². The highest BCUT2D eigenvalue weighted by Crippen LogP contribution is 2.30. The van der Waals surface area contributed by atoms with Gasteiger partial charge in [-0.25, -0.2) is 0 Å². The van der Waals surface area contributed by atoms with Gasteiger partial charge in [0.15, 0.2) is 0 Å². The SMILES string of the molecule is C=CCOc1ccc(C(=O)NCCOc2ccccc2C(C)(C)C)cc1. The Balaban J connectivity index is 1.83. The summed E-state index contributed by atoms with van der Waals surface area (Å²) >= 11 is 0. The third-order valence-corrected chi connectivity index (χ3v) is 3.82. The zero-order valence-corrected chi connectivity index (χ0v) is 15.7. The van der Waals surface area contributed by atoms with Crippen LogP contribution in [-0.4, -0.2) is 25.7 Å². The molecule has 0 unspecified atom stereocenters. The number of amides is 1. The highest BCUT2D eigenvalue weighted by atomic mass is 16.5. The molecule has 0 radical (unpaired) electrons. The summed E-state index contributed by atoms with van der Waals surface area (Å²) in [4.78, 5) is 12.2. The molecule has 0 saturated carbocycles. The lowest BCUT2D eigenvalue weighted by molar-refractivity contribution is 0.0947. The summed E-state index contributed by atoms with van der Waals surface area (Å²) in [6.07, 6.45) is 1.68. The first-order valence-electron chi connectivity index (χ1n) is 8.76. The summed E-state index contributed by atoms with van der Waals surface area (Å²) < 4.78 is 11.3. The molecule has 0 saturated heterocycles. The maximum atomic E-state index is 12.2. The summed E-state index contributed by atoms with van der Waals surface area (Å²) in [5, 5.41) is 2.87. The van der Waals surface area contributed by atoms with E-state index < -0.39 is 0 Å². The van der Waals surface area contributed by atoms with E-state index in [1.807, 2.05) is 18.2 Å². The van der Waals surface area contributed by atoms with Crippen molar-refractivity contribution < 1.29 is 14.3 Å². The first-order chi connectivity index (χ1) is 12.4. The zero-order chi connectivity index (χ0) is 19.0. The quantitative estimate of drug-likeness (QED) is 0.567. The van der Waals surface area contributed by atoms with E-state index in [9.17, 15) is 4.79 Å². The number of ether oxygens (including phenoxy) is 2. The molecular formula is C22H27NO3. The van der Waals surface area contributed by atoms with Crippen LogP contribution in [0.3, 0.4) is 0 Å². The molecule has 4 nitrogen and oxygen atoms in total. The van der Waals surface area contributed by atoms with Gasteiger partial charge in [0.25, 0.3) is 5.91 Å². The second-order valence-electron chi connectivity index (χ2n) is 6.97. The number of benzene rings is 2. The van der Waals surface area contributed by atoms with Crippen LogP contribution in [0.5, 0.6) is 11.5 Å². The fraction of sp³-hybridized carbons (Fsp3) is 0.318. The van der Waals surface area contributed by atoms with Crippen LogP contribution >= 0.6 is 0 Å². The van der Waals surface area contributed by atoms with E-state index in [4.69, 9.17) is 9.47 Å². The Morgan fingerprint density at radius 1 is 1.08 bits per heavy atom. The van der Waals surface area contributed by atoms with Crippen molar-refractivity contribution in [2.24, 2.45) is 0 Å². The number of rotatable bonds is 8. The molecular weight excluding hydrogens is 326 g/mol. The third kappa shape index (κ3) is 5.66. The number of carbonyl (C=O) groups is 1. The van der Waals surface area contributed by atoms with Gasteiger partial charge in [0.1, 0.15) is 24.7 Å². The summed E-state index contributed by atoms with van der Waals surface area (Å²) in [5.41, 5.74) is 1.75. The maximum Gasteiger partial charge on any atom is 0.251 e. The molecule has 0 atom stereocenters. The van der Waals surface area contributed by atoms with Gasteiger partial charge < -0.3 is 14.8 Å². The second-order valence-corrected chi connectivity index (χ2v) is 6.97. The molecule has 4 heteroatoms. The summed E-state index contributed by atoms with van der Waals surface area (Å²) in [6, 6.07) is 15.0. The highest BCUT2D eigenvalue weighted by Gasteiger charge is 2.18. The van der Waals surface area contributed by atoms with Crippen LogP contribution in [0.4, 0.5) is 0 Å². The average Bonchev–Trinajstić information content (AvgIpc) is 2.63. The van der Waals surface area contributed by atoms with Crippen molar-refractivity contribution in [2.75, 3.05) is 19.8 Å². The Kier molecular flexibility index (Phi) is 6.84. The smallest absolute Gasteiger partial charge is 0.251 e. The molecule has 26 heavy (non-hydrogen) atoms. The van der Waals surface area contributed by atoms with Crippen LogP contribution in [0.25, 0.3) is 0 Å². The van der Waals surface area contributed by atoms with Crippen molar-refractivity contribution in [2.45, 2.75) is 26.2 Å². The molecule has 2 aromatic rings. The number of nitrogens with one attached hydrogen (secondary N) is 1. The molecule has 1 N–H and O–H groups in total. The van der Waals surface area contributed by atoms with Crippen LogP contribution in [0.2, 0.25) is 0 Å². The molecule has 138 valence electrons. The first-order valence-corrected chi connectivity index (χ1v) is 8.76. The largest absolute Gasteiger partial charge is 0.491 e. The van der Waals surface area contributed by atoms with Crippen molar-refractivity contribution in [1.29, 1.82) is 0 Å². The molecule has 1 amide bonds. The fourth-order valence-electron chi connectivity index (χ4n) is 2.50. The Bertz CT molecular complexity index is 730. The lowest BCUT2D eigenvalue weighted by Gasteiger charge is -2.22. The Labute approximate surface area is 155 Å². The molecule has 2 rings (SSSR count). The maximum absolute atomic E-state index is 12.2. The third-order valence-electron chi connectivity index (χ3n) is 3.82. The van der Waals surface area contributed by atoms with E-state index >= 15 is 0 Å². The lowest BCUT2D eigenvalue weighted by atomic mass is 9.86. The average molecular weight is 353 g/mol. The molecule has 0 aliphatic heterocycles. The van der Waals surface area contributed by atoms with Crippen LogP contribution in [0.15, 0.2) is 61.2 Å². The van der Waals surface area contributed by atoms with E-state index in [1.54, 1.807) is 30.3 Å². The van der Waals surface area contributed by atoms with E-state index in [0.29, 0.717) is 31.1 Å². The minimum Gasteiger partial charge on any atom is -0.491 e. The van der Waals surface area contributed by atoms with Gasteiger partial charge in [0, 0.05) is 5.56 Å². The number of carbonyl (C=O) groups excluding carboxylic acids is 1. The van der Waals surface area contributed by atoms with Gasteiger partial charge >= 0.3 is 0 Å². The molecule has 0 spiro atoms. The summed E-state index contributed by atoms with van der Waals surface area (Å²) in [7, 11) is 0. The predicted molar refractivity (Wildman–Crippen MR) is 105 cm³/mol. The van der Waals surface area contributed by atoms with Crippen molar-refractivity contribution in [3.8, 4) is 11.5 Å². The zero-order valence-electron chi connectivity index (χ0n) is 15.7. The predicted octanol–water partition coefficient (Wildman–Crippen LogP) is 4.36. The highest BCUT2D eigenvalue weighted by molar-refractivity contribution is 5.94. The van der Waals surface area contributed by atoms with Crippen LogP contribution in [-0.2, 0) is 5.41 Å². The van der Waals surface area contributed by atoms with Gasteiger partial charge in [0.05, 0.1) is 6.54 Å². The van der Waals surface area contributed by atoms with Crippen LogP contribution in [0, 0.1) is 0 Å². The molecule has 0 aliphatic rings. The molecule has 0 heterocycles. The van der Waals surface area contributed by atoms with Crippen molar-refractivity contribution in [3.63, 3.8) is 0 Å².